The number of benzene rings is 1. The smallest absolute Gasteiger partial charge is 0.338 e. The number of carbonyl (C=O) groups is 2. The number of hydrogen-bond acceptors (Lipinski definition) is 4. The molecular weight excluding hydrogens is 365 g/mol. The Balaban J connectivity index is 2.01. The van der Waals surface area contributed by atoms with Crippen molar-refractivity contribution in [3.05, 3.63) is 57.8 Å². The molecular formula is C17H17Cl2N3O3. The van der Waals surface area contributed by atoms with Crippen LogP contribution in [0.25, 0.3) is 0 Å². The molecule has 0 bridgehead atoms. The molecule has 1 aromatic heterocycles. The molecule has 1 aromatic carbocycles. The minimum atomic E-state index is -0.564. The number of urea groups is 1. The molecule has 6 nitrogen and oxygen atoms in total. The van der Waals surface area contributed by atoms with E-state index in [0.717, 1.165) is 0 Å². The molecule has 2 amide bonds. The summed E-state index contributed by atoms with van der Waals surface area (Å²) in [7, 11) is 0. The van der Waals surface area contributed by atoms with E-state index in [4.69, 9.17) is 27.9 Å². The number of amides is 2. The monoisotopic (exact) mass is 381 g/mol. The Bertz CT molecular complexity index is 781. The quantitative estimate of drug-likeness (QED) is 0.598. The second-order valence-electron chi connectivity index (χ2n) is 5.47. The predicted octanol–water partition coefficient (Wildman–Crippen LogP) is 4.28. The van der Waals surface area contributed by atoms with Crippen LogP contribution in [0.3, 0.4) is 0 Å². The third-order valence-corrected chi connectivity index (χ3v) is 3.56. The van der Waals surface area contributed by atoms with Crippen LogP contribution >= 0.6 is 23.2 Å². The summed E-state index contributed by atoms with van der Waals surface area (Å²) in [5.74, 6) is -0.564. The second kappa shape index (κ2) is 8.69. The SMILES string of the molecule is CC(C)NC(=O)Nc1cccc(C(=O)OCc2nc(Cl)ccc2Cl)c1. The van der Waals surface area contributed by atoms with Crippen molar-refractivity contribution in [1.82, 2.24) is 10.3 Å². The number of carbonyl (C=O) groups excluding carboxylic acids is 2. The van der Waals surface area contributed by atoms with Gasteiger partial charge >= 0.3 is 12.0 Å². The summed E-state index contributed by atoms with van der Waals surface area (Å²) in [5, 5.41) is 5.97. The third kappa shape index (κ3) is 5.92. The first-order valence-corrected chi connectivity index (χ1v) is 8.26. The van der Waals surface area contributed by atoms with Crippen molar-refractivity contribution in [2.75, 3.05) is 5.32 Å². The Kier molecular flexibility index (Phi) is 6.61. The van der Waals surface area contributed by atoms with Crippen molar-refractivity contribution in [2.45, 2.75) is 26.5 Å². The van der Waals surface area contributed by atoms with Crippen molar-refractivity contribution in [3.8, 4) is 0 Å². The number of nitrogens with one attached hydrogen (secondary N) is 2. The number of aromatic nitrogens is 1. The summed E-state index contributed by atoms with van der Waals surface area (Å²) in [6, 6.07) is 9.21. The Morgan fingerprint density at radius 3 is 2.68 bits per heavy atom. The van der Waals surface area contributed by atoms with Gasteiger partial charge in [-0.15, -0.1) is 0 Å². The zero-order valence-electron chi connectivity index (χ0n) is 13.7. The van der Waals surface area contributed by atoms with E-state index < -0.39 is 5.97 Å². The Labute approximate surface area is 155 Å². The van der Waals surface area contributed by atoms with Gasteiger partial charge in [-0.25, -0.2) is 14.6 Å². The lowest BCUT2D eigenvalue weighted by Crippen LogP contribution is -2.34. The third-order valence-electron chi connectivity index (χ3n) is 3.00. The fraction of sp³-hybridized carbons (Fsp3) is 0.235. The number of anilines is 1. The minimum Gasteiger partial charge on any atom is -0.456 e. The van der Waals surface area contributed by atoms with Crippen LogP contribution in [0.15, 0.2) is 36.4 Å². The first kappa shape index (κ1) is 19.0. The number of esters is 1. The molecule has 0 spiro atoms. The predicted molar refractivity (Wildman–Crippen MR) is 97.1 cm³/mol. The van der Waals surface area contributed by atoms with E-state index in [1.165, 1.54) is 6.07 Å². The Morgan fingerprint density at radius 2 is 1.96 bits per heavy atom. The number of ether oxygens (including phenoxy) is 1. The molecule has 2 N–H and O–H groups in total. The van der Waals surface area contributed by atoms with E-state index in [1.54, 1.807) is 30.3 Å². The summed E-state index contributed by atoms with van der Waals surface area (Å²) in [6.07, 6.45) is 0. The molecule has 0 saturated heterocycles. The standard InChI is InChI=1S/C17H17Cl2N3O3/c1-10(2)20-17(24)21-12-5-3-4-11(8-12)16(23)25-9-14-13(18)6-7-15(19)22-14/h3-8,10H,9H2,1-2H3,(H2,20,21,24). The maximum atomic E-state index is 12.2. The molecule has 2 rings (SSSR count). The zero-order chi connectivity index (χ0) is 18.4. The van der Waals surface area contributed by atoms with Crippen LogP contribution in [-0.4, -0.2) is 23.0 Å². The van der Waals surface area contributed by atoms with E-state index in [-0.39, 0.29) is 23.8 Å². The van der Waals surface area contributed by atoms with Crippen molar-refractivity contribution in [2.24, 2.45) is 0 Å². The highest BCUT2D eigenvalue weighted by atomic mass is 35.5. The lowest BCUT2D eigenvalue weighted by atomic mass is 10.2. The van der Waals surface area contributed by atoms with Crippen LogP contribution in [0.1, 0.15) is 29.9 Å². The van der Waals surface area contributed by atoms with Crippen molar-refractivity contribution < 1.29 is 14.3 Å². The number of pyridine rings is 1. The molecule has 0 saturated carbocycles. The molecule has 0 radical (unpaired) electrons. The van der Waals surface area contributed by atoms with Gasteiger partial charge in [-0.1, -0.05) is 29.3 Å². The normalized spacial score (nSPS) is 10.4. The van der Waals surface area contributed by atoms with Crippen molar-refractivity contribution in [1.29, 1.82) is 0 Å². The fourth-order valence-electron chi connectivity index (χ4n) is 1.93. The highest BCUT2D eigenvalue weighted by molar-refractivity contribution is 6.32. The van der Waals surface area contributed by atoms with Crippen molar-refractivity contribution in [3.63, 3.8) is 0 Å². The minimum absolute atomic E-state index is 0.00286. The van der Waals surface area contributed by atoms with E-state index >= 15 is 0 Å². The number of rotatable bonds is 5. The summed E-state index contributed by atoms with van der Waals surface area (Å²) in [4.78, 5) is 27.9. The molecule has 1 heterocycles. The molecule has 0 fully saturated rings. The summed E-state index contributed by atoms with van der Waals surface area (Å²) in [6.45, 7) is 3.59. The zero-order valence-corrected chi connectivity index (χ0v) is 15.2. The topological polar surface area (TPSA) is 80.3 Å². The van der Waals surface area contributed by atoms with Crippen molar-refractivity contribution >= 4 is 40.9 Å². The lowest BCUT2D eigenvalue weighted by molar-refractivity contribution is 0.0468. The van der Waals surface area contributed by atoms with Gasteiger partial charge in [0.05, 0.1) is 16.3 Å². The second-order valence-corrected chi connectivity index (χ2v) is 6.27. The van der Waals surface area contributed by atoms with E-state index in [2.05, 4.69) is 15.6 Å². The maximum absolute atomic E-state index is 12.2. The maximum Gasteiger partial charge on any atom is 0.338 e. The van der Waals surface area contributed by atoms with Crippen LogP contribution in [0.4, 0.5) is 10.5 Å². The molecule has 132 valence electrons. The van der Waals surface area contributed by atoms with Gasteiger partial charge in [0.25, 0.3) is 0 Å². The van der Waals surface area contributed by atoms with Gasteiger partial charge in [0, 0.05) is 11.7 Å². The highest BCUT2D eigenvalue weighted by Crippen LogP contribution is 2.18. The van der Waals surface area contributed by atoms with Crippen LogP contribution in [-0.2, 0) is 11.3 Å². The lowest BCUT2D eigenvalue weighted by Gasteiger charge is -2.11. The molecule has 0 atom stereocenters. The van der Waals surface area contributed by atoms with E-state index in [9.17, 15) is 9.59 Å². The number of hydrogen-bond donors (Lipinski definition) is 2. The Hall–Kier alpha value is -2.31. The first-order valence-electron chi connectivity index (χ1n) is 7.51. The molecule has 8 heteroatoms. The number of nitrogens with zero attached hydrogens (tertiary/aromatic N) is 1. The average molecular weight is 382 g/mol. The molecule has 25 heavy (non-hydrogen) atoms. The summed E-state index contributed by atoms with van der Waals surface area (Å²) < 4.78 is 5.20. The van der Waals surface area contributed by atoms with Crippen LogP contribution in [0.5, 0.6) is 0 Å². The van der Waals surface area contributed by atoms with Gasteiger partial charge in [0.15, 0.2) is 0 Å². The molecule has 2 aromatic rings. The van der Waals surface area contributed by atoms with Gasteiger partial charge in [0.1, 0.15) is 11.8 Å². The first-order chi connectivity index (χ1) is 11.8. The molecule has 0 aliphatic carbocycles. The largest absolute Gasteiger partial charge is 0.456 e. The summed E-state index contributed by atoms with van der Waals surface area (Å²) in [5.41, 5.74) is 1.14. The summed E-state index contributed by atoms with van der Waals surface area (Å²) >= 11 is 11.8. The average Bonchev–Trinajstić information content (AvgIpc) is 2.54. The van der Waals surface area contributed by atoms with Crippen LogP contribution in [0.2, 0.25) is 10.2 Å². The van der Waals surface area contributed by atoms with Gasteiger partial charge in [-0.05, 0) is 44.2 Å². The van der Waals surface area contributed by atoms with E-state index in [0.29, 0.717) is 22.0 Å². The highest BCUT2D eigenvalue weighted by Gasteiger charge is 2.12. The van der Waals surface area contributed by atoms with Gasteiger partial charge in [-0.2, -0.15) is 0 Å². The molecule has 0 unspecified atom stereocenters. The fourth-order valence-corrected chi connectivity index (χ4v) is 2.25. The van der Waals surface area contributed by atoms with Gasteiger partial charge in [0.2, 0.25) is 0 Å². The molecule has 0 aliphatic rings. The van der Waals surface area contributed by atoms with Gasteiger partial charge < -0.3 is 15.4 Å². The number of halogens is 2. The van der Waals surface area contributed by atoms with E-state index in [1.807, 2.05) is 13.8 Å². The molecule has 0 aliphatic heterocycles. The van der Waals surface area contributed by atoms with Crippen LogP contribution in [0, 0.1) is 0 Å². The van der Waals surface area contributed by atoms with Gasteiger partial charge in [-0.3, -0.25) is 0 Å². The Morgan fingerprint density at radius 1 is 1.20 bits per heavy atom. The van der Waals surface area contributed by atoms with Crippen LogP contribution < -0.4 is 10.6 Å².